The summed E-state index contributed by atoms with van der Waals surface area (Å²) in [6, 6.07) is 13.5. The molecule has 1 heterocycles. The number of rotatable bonds is 6. The Bertz CT molecular complexity index is 892. The second-order valence-electron chi connectivity index (χ2n) is 5.60. The third-order valence-electron chi connectivity index (χ3n) is 3.71. The number of halogens is 1. The molecule has 3 aromatic rings. The van der Waals surface area contributed by atoms with E-state index in [9.17, 15) is 9.18 Å². The van der Waals surface area contributed by atoms with Crippen molar-refractivity contribution in [3.05, 3.63) is 70.5 Å². The molecule has 0 spiro atoms. The van der Waals surface area contributed by atoms with Crippen LogP contribution in [0.15, 0.2) is 48.5 Å². The molecule has 0 bridgehead atoms. The van der Waals surface area contributed by atoms with E-state index in [1.165, 1.54) is 23.5 Å². The third-order valence-corrected chi connectivity index (χ3v) is 4.78. The van der Waals surface area contributed by atoms with Crippen LogP contribution in [0, 0.1) is 12.7 Å². The van der Waals surface area contributed by atoms with Gasteiger partial charge in [-0.2, -0.15) is 0 Å². The number of thiazole rings is 1. The summed E-state index contributed by atoms with van der Waals surface area (Å²) in [6.45, 7) is 2.20. The van der Waals surface area contributed by atoms with Crippen molar-refractivity contribution in [1.29, 1.82) is 0 Å². The van der Waals surface area contributed by atoms with Crippen molar-refractivity contribution in [2.45, 2.75) is 13.5 Å². The van der Waals surface area contributed by atoms with E-state index in [1.54, 1.807) is 26.2 Å². The Morgan fingerprint density at radius 2 is 1.85 bits per heavy atom. The monoisotopic (exact) mass is 371 g/mol. The smallest absolute Gasteiger partial charge is 0.263 e. The zero-order valence-electron chi connectivity index (χ0n) is 14.4. The van der Waals surface area contributed by atoms with Crippen LogP contribution in [0.3, 0.4) is 0 Å². The summed E-state index contributed by atoms with van der Waals surface area (Å²) in [4.78, 5) is 17.3. The van der Waals surface area contributed by atoms with Crippen molar-refractivity contribution in [2.24, 2.45) is 0 Å². The second kappa shape index (κ2) is 7.97. The van der Waals surface area contributed by atoms with E-state index in [4.69, 9.17) is 4.74 Å². The Kier molecular flexibility index (Phi) is 5.48. The first-order valence-electron chi connectivity index (χ1n) is 7.96. The van der Waals surface area contributed by atoms with Gasteiger partial charge >= 0.3 is 0 Å². The molecule has 3 rings (SSSR count). The Morgan fingerprint density at radius 3 is 2.50 bits per heavy atom. The number of hydrogen-bond donors (Lipinski definition) is 2. The van der Waals surface area contributed by atoms with Crippen molar-refractivity contribution in [1.82, 2.24) is 10.3 Å². The highest BCUT2D eigenvalue weighted by atomic mass is 32.1. The van der Waals surface area contributed by atoms with Gasteiger partial charge < -0.3 is 15.4 Å². The molecule has 1 aromatic heterocycles. The van der Waals surface area contributed by atoms with Gasteiger partial charge in [0, 0.05) is 12.2 Å². The first-order valence-corrected chi connectivity index (χ1v) is 8.78. The molecule has 0 radical (unpaired) electrons. The van der Waals surface area contributed by atoms with Gasteiger partial charge in [-0.25, -0.2) is 9.37 Å². The van der Waals surface area contributed by atoms with Gasteiger partial charge in [0.2, 0.25) is 0 Å². The van der Waals surface area contributed by atoms with Crippen LogP contribution in [0.2, 0.25) is 0 Å². The largest absolute Gasteiger partial charge is 0.497 e. The maximum Gasteiger partial charge on any atom is 0.263 e. The standard InChI is InChI=1S/C19H18FN3O2S/c1-12-17(18(24)21-11-13-3-9-16(25-2)10-4-13)26-19(22-12)23-15-7-5-14(20)6-8-15/h3-10H,11H2,1-2H3,(H,21,24)(H,22,23). The molecule has 0 saturated carbocycles. The number of benzene rings is 2. The minimum atomic E-state index is -0.301. The normalized spacial score (nSPS) is 10.4. The van der Waals surface area contributed by atoms with E-state index < -0.39 is 0 Å². The van der Waals surface area contributed by atoms with E-state index in [-0.39, 0.29) is 11.7 Å². The number of carbonyl (C=O) groups excluding carboxylic acids is 1. The van der Waals surface area contributed by atoms with Crippen LogP contribution >= 0.6 is 11.3 Å². The maximum absolute atomic E-state index is 13.0. The van der Waals surface area contributed by atoms with E-state index in [0.29, 0.717) is 27.9 Å². The fourth-order valence-corrected chi connectivity index (χ4v) is 3.23. The van der Waals surface area contributed by atoms with Crippen LogP contribution in [0.25, 0.3) is 0 Å². The lowest BCUT2D eigenvalue weighted by Gasteiger charge is -2.05. The predicted octanol–water partition coefficient (Wildman–Crippen LogP) is 4.27. The van der Waals surface area contributed by atoms with Crippen LogP contribution in [-0.4, -0.2) is 18.0 Å². The molecule has 0 aliphatic carbocycles. The first-order chi connectivity index (χ1) is 12.5. The molecule has 0 atom stereocenters. The molecule has 0 fully saturated rings. The Morgan fingerprint density at radius 1 is 1.15 bits per heavy atom. The highest BCUT2D eigenvalue weighted by Gasteiger charge is 2.15. The number of nitrogens with zero attached hydrogens (tertiary/aromatic N) is 1. The predicted molar refractivity (Wildman–Crippen MR) is 101 cm³/mol. The number of anilines is 2. The molecular formula is C19H18FN3O2S. The fourth-order valence-electron chi connectivity index (χ4n) is 2.32. The van der Waals surface area contributed by atoms with Gasteiger partial charge in [-0.15, -0.1) is 0 Å². The average molecular weight is 371 g/mol. The van der Waals surface area contributed by atoms with Gasteiger partial charge in [-0.3, -0.25) is 4.79 Å². The molecule has 0 unspecified atom stereocenters. The minimum absolute atomic E-state index is 0.178. The van der Waals surface area contributed by atoms with Crippen LogP contribution in [-0.2, 0) is 6.54 Å². The summed E-state index contributed by atoms with van der Waals surface area (Å²) in [5.41, 5.74) is 2.34. The number of nitrogens with one attached hydrogen (secondary N) is 2. The van der Waals surface area contributed by atoms with Crippen molar-refractivity contribution < 1.29 is 13.9 Å². The molecule has 0 aliphatic rings. The van der Waals surface area contributed by atoms with E-state index in [2.05, 4.69) is 15.6 Å². The van der Waals surface area contributed by atoms with Crippen LogP contribution < -0.4 is 15.4 Å². The number of methoxy groups -OCH3 is 1. The summed E-state index contributed by atoms with van der Waals surface area (Å²) in [5, 5.41) is 6.56. The molecule has 7 heteroatoms. The summed E-state index contributed by atoms with van der Waals surface area (Å²) >= 11 is 1.26. The van der Waals surface area contributed by atoms with Gasteiger partial charge in [0.15, 0.2) is 5.13 Å². The van der Waals surface area contributed by atoms with E-state index >= 15 is 0 Å². The van der Waals surface area contributed by atoms with Crippen LogP contribution in [0.4, 0.5) is 15.2 Å². The summed E-state index contributed by atoms with van der Waals surface area (Å²) in [6.07, 6.45) is 0. The highest BCUT2D eigenvalue weighted by molar-refractivity contribution is 7.17. The molecule has 0 saturated heterocycles. The van der Waals surface area contributed by atoms with Gasteiger partial charge in [-0.1, -0.05) is 23.5 Å². The number of hydrogen-bond acceptors (Lipinski definition) is 5. The fraction of sp³-hybridized carbons (Fsp3) is 0.158. The number of aromatic nitrogens is 1. The third kappa shape index (κ3) is 4.37. The molecule has 5 nitrogen and oxygen atoms in total. The Balaban J connectivity index is 1.63. The average Bonchev–Trinajstić information content (AvgIpc) is 3.02. The highest BCUT2D eigenvalue weighted by Crippen LogP contribution is 2.26. The number of ether oxygens (including phenoxy) is 1. The minimum Gasteiger partial charge on any atom is -0.497 e. The topological polar surface area (TPSA) is 63.2 Å². The molecular weight excluding hydrogens is 353 g/mol. The molecule has 0 aliphatic heterocycles. The quantitative estimate of drug-likeness (QED) is 0.679. The van der Waals surface area contributed by atoms with Gasteiger partial charge in [0.1, 0.15) is 16.4 Å². The first kappa shape index (κ1) is 17.9. The SMILES string of the molecule is COc1ccc(CNC(=O)c2sc(Nc3ccc(F)cc3)nc2C)cc1. The summed E-state index contributed by atoms with van der Waals surface area (Å²) in [5.74, 6) is 0.294. The molecule has 1 amide bonds. The van der Waals surface area contributed by atoms with Crippen molar-refractivity contribution in [3.63, 3.8) is 0 Å². The molecule has 2 aromatic carbocycles. The van der Waals surface area contributed by atoms with Crippen molar-refractivity contribution >= 4 is 28.1 Å². The summed E-state index contributed by atoms with van der Waals surface area (Å²) in [7, 11) is 1.61. The number of aryl methyl sites for hydroxylation is 1. The zero-order chi connectivity index (χ0) is 18.5. The van der Waals surface area contributed by atoms with Gasteiger partial charge in [-0.05, 0) is 48.9 Å². The summed E-state index contributed by atoms with van der Waals surface area (Å²) < 4.78 is 18.1. The lowest BCUT2D eigenvalue weighted by atomic mass is 10.2. The Labute approximate surface area is 154 Å². The van der Waals surface area contributed by atoms with E-state index in [1.807, 2.05) is 24.3 Å². The molecule has 2 N–H and O–H groups in total. The van der Waals surface area contributed by atoms with Gasteiger partial charge in [0.25, 0.3) is 5.91 Å². The molecule has 134 valence electrons. The number of amides is 1. The lowest BCUT2D eigenvalue weighted by molar-refractivity contribution is 0.0954. The van der Waals surface area contributed by atoms with Crippen molar-refractivity contribution in [3.8, 4) is 5.75 Å². The van der Waals surface area contributed by atoms with Crippen LogP contribution in [0.1, 0.15) is 20.9 Å². The number of carbonyl (C=O) groups is 1. The molecule has 26 heavy (non-hydrogen) atoms. The zero-order valence-corrected chi connectivity index (χ0v) is 15.2. The lowest BCUT2D eigenvalue weighted by Crippen LogP contribution is -2.22. The van der Waals surface area contributed by atoms with E-state index in [0.717, 1.165) is 11.3 Å². The van der Waals surface area contributed by atoms with Crippen LogP contribution in [0.5, 0.6) is 5.75 Å². The second-order valence-corrected chi connectivity index (χ2v) is 6.60. The van der Waals surface area contributed by atoms with Crippen molar-refractivity contribution in [2.75, 3.05) is 12.4 Å². The Hall–Kier alpha value is -2.93. The maximum atomic E-state index is 13.0. The van der Waals surface area contributed by atoms with Gasteiger partial charge in [0.05, 0.1) is 12.8 Å².